The average molecular weight is 674 g/mol. The number of benzene rings is 7. The molecule has 0 saturated heterocycles. The lowest BCUT2D eigenvalue weighted by atomic mass is 10.00. The summed E-state index contributed by atoms with van der Waals surface area (Å²) in [4.78, 5) is 11.1. The summed E-state index contributed by atoms with van der Waals surface area (Å²) in [6.45, 7) is 0. The van der Waals surface area contributed by atoms with E-state index in [1.165, 1.54) is 46.4 Å². The second kappa shape index (κ2) is 9.76. The Labute approximate surface area is 292 Å². The van der Waals surface area contributed by atoms with Crippen molar-refractivity contribution in [3.8, 4) is 17.2 Å². The van der Waals surface area contributed by atoms with Gasteiger partial charge in [-0.25, -0.2) is 9.97 Å². The van der Waals surface area contributed by atoms with Crippen LogP contribution >= 0.6 is 22.7 Å². The highest BCUT2D eigenvalue weighted by Crippen LogP contribution is 2.48. The molecule has 7 aromatic carbocycles. The molecular formula is C44H23N3OS2. The Kier molecular flexibility index (Phi) is 5.23. The minimum Gasteiger partial charge on any atom is -0.455 e. The van der Waals surface area contributed by atoms with Crippen LogP contribution in [0.25, 0.3) is 112 Å². The number of aromatic nitrogens is 3. The van der Waals surface area contributed by atoms with E-state index in [0.717, 1.165) is 59.8 Å². The maximum atomic E-state index is 6.61. The van der Waals surface area contributed by atoms with Crippen molar-refractivity contribution in [2.45, 2.75) is 0 Å². The maximum Gasteiger partial charge on any atom is 0.235 e. The minimum atomic E-state index is 0.655. The molecule has 0 amide bonds. The molecule has 50 heavy (non-hydrogen) atoms. The zero-order valence-electron chi connectivity index (χ0n) is 26.3. The van der Waals surface area contributed by atoms with Gasteiger partial charge in [-0.15, -0.1) is 22.7 Å². The predicted octanol–water partition coefficient (Wildman–Crippen LogP) is 13.0. The first-order valence-electron chi connectivity index (χ1n) is 16.7. The Balaban J connectivity index is 1.31. The van der Waals surface area contributed by atoms with Gasteiger partial charge in [-0.05, 0) is 35.7 Å². The Bertz CT molecular complexity index is 3400. The molecule has 0 aliphatic heterocycles. The molecule has 0 bridgehead atoms. The summed E-state index contributed by atoms with van der Waals surface area (Å²) < 4.78 is 13.7. The van der Waals surface area contributed by atoms with E-state index in [0.29, 0.717) is 5.95 Å². The van der Waals surface area contributed by atoms with Gasteiger partial charge in [0.25, 0.3) is 0 Å². The Morgan fingerprint density at radius 3 is 1.98 bits per heavy atom. The van der Waals surface area contributed by atoms with Crippen LogP contribution in [0, 0.1) is 0 Å². The van der Waals surface area contributed by atoms with Gasteiger partial charge in [0.15, 0.2) is 0 Å². The third kappa shape index (κ3) is 3.44. The smallest absolute Gasteiger partial charge is 0.235 e. The molecule has 0 unspecified atom stereocenters. The molecule has 232 valence electrons. The van der Waals surface area contributed by atoms with E-state index in [1.54, 1.807) is 11.3 Å². The van der Waals surface area contributed by atoms with Crippen LogP contribution in [0.4, 0.5) is 0 Å². The number of fused-ring (bicyclic) bond motifs is 16. The molecule has 12 aromatic rings. The zero-order chi connectivity index (χ0) is 32.5. The molecular weight excluding hydrogens is 651 g/mol. The Morgan fingerprint density at radius 2 is 1.12 bits per heavy atom. The Morgan fingerprint density at radius 1 is 0.480 bits per heavy atom. The zero-order valence-corrected chi connectivity index (χ0v) is 28.0. The third-order valence-electron chi connectivity index (χ3n) is 10.2. The van der Waals surface area contributed by atoms with E-state index in [4.69, 9.17) is 14.4 Å². The molecule has 12 rings (SSSR count). The van der Waals surface area contributed by atoms with Crippen LogP contribution in [0.3, 0.4) is 0 Å². The van der Waals surface area contributed by atoms with Crippen LogP contribution in [0.5, 0.6) is 0 Å². The van der Waals surface area contributed by atoms with Crippen molar-refractivity contribution in [2.24, 2.45) is 0 Å². The molecule has 5 heterocycles. The monoisotopic (exact) mass is 673 g/mol. The highest BCUT2D eigenvalue weighted by Gasteiger charge is 2.25. The maximum absolute atomic E-state index is 6.61. The van der Waals surface area contributed by atoms with Crippen LogP contribution in [-0.4, -0.2) is 14.5 Å². The average Bonchev–Trinajstić information content (AvgIpc) is 3.93. The van der Waals surface area contributed by atoms with Gasteiger partial charge >= 0.3 is 0 Å². The fourth-order valence-corrected chi connectivity index (χ4v) is 10.5. The van der Waals surface area contributed by atoms with E-state index in [2.05, 4.69) is 132 Å². The van der Waals surface area contributed by atoms with Gasteiger partial charge in [0.1, 0.15) is 11.2 Å². The standard InChI is InChI=1S/C44H23N3OS2/c1-2-14-27-25(13-1)36-28-15-3-7-20-32(28)47(40(36)37-29-16-5-9-22-34(29)49-42(27)37)44-45-38-30-17-6-10-23-35(30)50-43(38)39(46-44)31-19-11-18-26-24-12-4-8-21-33(24)48-41(26)31/h1-23H. The first-order chi connectivity index (χ1) is 24.8. The fourth-order valence-electron chi connectivity index (χ4n) is 8.12. The van der Waals surface area contributed by atoms with E-state index in [1.807, 2.05) is 23.5 Å². The first kappa shape index (κ1) is 26.8. The van der Waals surface area contributed by atoms with Crippen LogP contribution < -0.4 is 0 Å². The van der Waals surface area contributed by atoms with Crippen LogP contribution in [-0.2, 0) is 0 Å². The predicted molar refractivity (Wildman–Crippen MR) is 212 cm³/mol. The number of hydrogen-bond donors (Lipinski definition) is 0. The summed E-state index contributed by atoms with van der Waals surface area (Å²) >= 11 is 3.61. The third-order valence-corrected chi connectivity index (χ3v) is 12.6. The lowest BCUT2D eigenvalue weighted by Gasteiger charge is -2.12. The molecule has 0 fully saturated rings. The van der Waals surface area contributed by atoms with Crippen molar-refractivity contribution in [2.75, 3.05) is 0 Å². The molecule has 6 heteroatoms. The number of nitrogens with zero attached hydrogens (tertiary/aromatic N) is 3. The minimum absolute atomic E-state index is 0.655. The van der Waals surface area contributed by atoms with Gasteiger partial charge in [-0.2, -0.15) is 0 Å². The molecule has 4 nitrogen and oxygen atoms in total. The first-order valence-corrected chi connectivity index (χ1v) is 18.3. The van der Waals surface area contributed by atoms with Gasteiger partial charge in [0.2, 0.25) is 5.95 Å². The normalized spacial score (nSPS) is 12.4. The summed E-state index contributed by atoms with van der Waals surface area (Å²) in [5.74, 6) is 0.655. The second-order valence-electron chi connectivity index (χ2n) is 12.9. The molecule has 0 radical (unpaired) electrons. The van der Waals surface area contributed by atoms with E-state index >= 15 is 0 Å². The SMILES string of the molecule is c1ccc2c(c1)oc1c(-c3nc(-n4c5ccccc5c5c6ccccc6c6sc7ccccc7c6c54)nc4c3sc3ccccc34)cccc12. The second-order valence-corrected chi connectivity index (χ2v) is 15.0. The Hall–Kier alpha value is -6.08. The topological polar surface area (TPSA) is 43.9 Å². The van der Waals surface area contributed by atoms with Crippen molar-refractivity contribution in [1.82, 2.24) is 14.5 Å². The van der Waals surface area contributed by atoms with Gasteiger partial charge in [-0.1, -0.05) is 109 Å². The molecule has 0 saturated carbocycles. The molecule has 0 N–H and O–H groups in total. The van der Waals surface area contributed by atoms with Crippen molar-refractivity contribution < 1.29 is 4.42 Å². The number of rotatable bonds is 2. The molecule has 0 spiro atoms. The summed E-state index contributed by atoms with van der Waals surface area (Å²) in [7, 11) is 0. The van der Waals surface area contributed by atoms with Gasteiger partial charge in [-0.3, -0.25) is 4.57 Å². The summed E-state index contributed by atoms with van der Waals surface area (Å²) in [5.41, 5.74) is 6.75. The van der Waals surface area contributed by atoms with E-state index in [-0.39, 0.29) is 0 Å². The number of furan rings is 1. The van der Waals surface area contributed by atoms with Gasteiger partial charge < -0.3 is 4.42 Å². The number of hydrogen-bond acceptors (Lipinski definition) is 5. The molecule has 0 aliphatic carbocycles. The van der Waals surface area contributed by atoms with Crippen LogP contribution in [0.2, 0.25) is 0 Å². The van der Waals surface area contributed by atoms with Crippen LogP contribution in [0.1, 0.15) is 0 Å². The van der Waals surface area contributed by atoms with E-state index in [9.17, 15) is 0 Å². The highest BCUT2D eigenvalue weighted by molar-refractivity contribution is 7.27. The molecule has 5 aromatic heterocycles. The fraction of sp³-hybridized carbons (Fsp3) is 0. The molecule has 0 atom stereocenters. The van der Waals surface area contributed by atoms with Gasteiger partial charge in [0, 0.05) is 62.8 Å². The summed E-state index contributed by atoms with van der Waals surface area (Å²) in [6, 6.07) is 49.6. The lowest BCUT2D eigenvalue weighted by Crippen LogP contribution is -2.03. The van der Waals surface area contributed by atoms with Crippen molar-refractivity contribution >= 4 is 118 Å². The van der Waals surface area contributed by atoms with Crippen molar-refractivity contribution in [1.29, 1.82) is 0 Å². The number of para-hydroxylation sites is 3. The largest absolute Gasteiger partial charge is 0.455 e. The van der Waals surface area contributed by atoms with Crippen molar-refractivity contribution in [3.63, 3.8) is 0 Å². The van der Waals surface area contributed by atoms with Crippen LogP contribution in [0.15, 0.2) is 144 Å². The van der Waals surface area contributed by atoms with Crippen molar-refractivity contribution in [3.05, 3.63) is 140 Å². The number of thiophene rings is 2. The van der Waals surface area contributed by atoms with Gasteiger partial charge in [0.05, 0.1) is 26.9 Å². The van der Waals surface area contributed by atoms with E-state index < -0.39 is 0 Å². The quantitative estimate of drug-likeness (QED) is 0.183. The molecule has 0 aliphatic rings. The highest BCUT2D eigenvalue weighted by atomic mass is 32.1. The summed E-state index contributed by atoms with van der Waals surface area (Å²) in [5, 5.41) is 10.8. The summed E-state index contributed by atoms with van der Waals surface area (Å²) in [6.07, 6.45) is 0. The lowest BCUT2D eigenvalue weighted by molar-refractivity contribution is 0.670.